The first-order valence-electron chi connectivity index (χ1n) is 5.79. The number of imidazole rings is 1. The first kappa shape index (κ1) is 13.2. The van der Waals surface area contributed by atoms with E-state index in [-0.39, 0.29) is 12.1 Å². The van der Waals surface area contributed by atoms with Crippen molar-refractivity contribution in [2.75, 3.05) is 6.54 Å². The van der Waals surface area contributed by atoms with Gasteiger partial charge in [0.1, 0.15) is 17.2 Å². The molecule has 1 heterocycles. The van der Waals surface area contributed by atoms with Gasteiger partial charge in [-0.3, -0.25) is 4.79 Å². The zero-order valence-corrected chi connectivity index (χ0v) is 10.3. The third-order valence-electron chi connectivity index (χ3n) is 2.75. The molecular formula is C13H13F2N3O. The minimum absolute atomic E-state index is 0.236. The average Bonchev–Trinajstić information content (AvgIpc) is 2.87. The Labute approximate surface area is 108 Å². The van der Waals surface area contributed by atoms with Crippen molar-refractivity contribution in [1.29, 1.82) is 0 Å². The van der Waals surface area contributed by atoms with Gasteiger partial charge >= 0.3 is 0 Å². The summed E-state index contributed by atoms with van der Waals surface area (Å²) in [5, 5.41) is 2.48. The fraction of sp³-hybridized carbons (Fsp3) is 0.231. The lowest BCUT2D eigenvalue weighted by molar-refractivity contribution is 0.0945. The number of aryl methyl sites for hydroxylation is 1. The molecule has 0 spiro atoms. The van der Waals surface area contributed by atoms with E-state index in [9.17, 15) is 13.6 Å². The molecule has 1 amide bonds. The molecule has 2 aromatic rings. The second kappa shape index (κ2) is 5.60. The average molecular weight is 265 g/mol. The van der Waals surface area contributed by atoms with Gasteiger partial charge in [-0.25, -0.2) is 13.8 Å². The van der Waals surface area contributed by atoms with Crippen molar-refractivity contribution in [2.24, 2.45) is 0 Å². The van der Waals surface area contributed by atoms with Crippen LogP contribution in [0.4, 0.5) is 8.78 Å². The number of hydrogen-bond acceptors (Lipinski definition) is 2. The van der Waals surface area contributed by atoms with Crippen molar-refractivity contribution in [3.63, 3.8) is 0 Å². The molecule has 0 saturated carbocycles. The molecule has 2 rings (SSSR count). The van der Waals surface area contributed by atoms with Crippen molar-refractivity contribution < 1.29 is 13.6 Å². The first-order valence-corrected chi connectivity index (χ1v) is 5.79. The van der Waals surface area contributed by atoms with Crippen LogP contribution in [0.1, 0.15) is 21.6 Å². The number of halogens is 2. The molecule has 0 bridgehead atoms. The third-order valence-corrected chi connectivity index (χ3v) is 2.75. The van der Waals surface area contributed by atoms with E-state index in [0.29, 0.717) is 6.42 Å². The molecule has 2 N–H and O–H groups in total. The van der Waals surface area contributed by atoms with Gasteiger partial charge < -0.3 is 10.3 Å². The Bertz CT molecular complexity index is 582. The lowest BCUT2D eigenvalue weighted by Crippen LogP contribution is -2.27. The van der Waals surface area contributed by atoms with Gasteiger partial charge in [0, 0.05) is 24.9 Å². The minimum Gasteiger partial charge on any atom is -0.351 e. The number of carbonyl (C=O) groups excluding carboxylic acids is 1. The summed E-state index contributed by atoms with van der Waals surface area (Å²) in [7, 11) is 0. The predicted molar refractivity (Wildman–Crippen MR) is 65.7 cm³/mol. The number of rotatable bonds is 4. The second-order valence-electron chi connectivity index (χ2n) is 4.14. The van der Waals surface area contributed by atoms with E-state index >= 15 is 0 Å². The summed E-state index contributed by atoms with van der Waals surface area (Å²) in [5.74, 6) is -2.43. The lowest BCUT2D eigenvalue weighted by Gasteiger charge is -2.08. The van der Waals surface area contributed by atoms with Crippen molar-refractivity contribution in [3.8, 4) is 0 Å². The summed E-state index contributed by atoms with van der Waals surface area (Å²) in [6, 6.07) is 2.38. The highest BCUT2D eigenvalue weighted by molar-refractivity contribution is 5.94. The highest BCUT2D eigenvalue weighted by atomic mass is 19.1. The van der Waals surface area contributed by atoms with Crippen molar-refractivity contribution in [1.82, 2.24) is 15.3 Å². The quantitative estimate of drug-likeness (QED) is 0.888. The topological polar surface area (TPSA) is 57.8 Å². The third kappa shape index (κ3) is 2.96. The predicted octanol–water partition coefficient (Wildman–Crippen LogP) is 1.97. The molecule has 6 heteroatoms. The van der Waals surface area contributed by atoms with Crippen LogP contribution in [-0.4, -0.2) is 22.4 Å². The Morgan fingerprint density at radius 1 is 1.42 bits per heavy atom. The van der Waals surface area contributed by atoms with E-state index in [4.69, 9.17) is 0 Å². The van der Waals surface area contributed by atoms with E-state index < -0.39 is 23.1 Å². The van der Waals surface area contributed by atoms with E-state index in [1.54, 1.807) is 6.20 Å². The van der Waals surface area contributed by atoms with Gasteiger partial charge in [0.05, 0.1) is 6.33 Å². The van der Waals surface area contributed by atoms with Crippen LogP contribution in [0.5, 0.6) is 0 Å². The van der Waals surface area contributed by atoms with Crippen LogP contribution in [0.2, 0.25) is 0 Å². The van der Waals surface area contributed by atoms with Crippen LogP contribution < -0.4 is 5.32 Å². The Morgan fingerprint density at radius 3 is 2.89 bits per heavy atom. The number of hydrogen-bond donors (Lipinski definition) is 2. The van der Waals surface area contributed by atoms with Gasteiger partial charge in [-0.1, -0.05) is 6.07 Å². The molecule has 1 aromatic heterocycles. The zero-order valence-electron chi connectivity index (χ0n) is 10.3. The van der Waals surface area contributed by atoms with Gasteiger partial charge in [-0.15, -0.1) is 0 Å². The number of aromatic amines is 1. The highest BCUT2D eigenvalue weighted by Crippen LogP contribution is 2.16. The number of aromatic nitrogens is 2. The number of nitrogens with zero attached hydrogens (tertiary/aromatic N) is 1. The monoisotopic (exact) mass is 265 g/mol. The maximum atomic E-state index is 13.7. The van der Waals surface area contributed by atoms with Crippen LogP contribution in [0.25, 0.3) is 0 Å². The maximum Gasteiger partial charge on any atom is 0.257 e. The van der Waals surface area contributed by atoms with E-state index in [1.165, 1.54) is 19.3 Å². The fourth-order valence-electron chi connectivity index (χ4n) is 1.69. The van der Waals surface area contributed by atoms with Gasteiger partial charge in [0.25, 0.3) is 5.91 Å². The number of H-pyrrole nitrogens is 1. The molecule has 0 unspecified atom stereocenters. The molecule has 0 aliphatic carbocycles. The van der Waals surface area contributed by atoms with Crippen LogP contribution in [0, 0.1) is 18.6 Å². The normalized spacial score (nSPS) is 10.5. The van der Waals surface area contributed by atoms with Crippen LogP contribution in [0.3, 0.4) is 0 Å². The Kier molecular flexibility index (Phi) is 3.89. The van der Waals surface area contributed by atoms with Crippen LogP contribution in [0.15, 0.2) is 24.7 Å². The first-order chi connectivity index (χ1) is 9.09. The molecule has 19 heavy (non-hydrogen) atoms. The Balaban J connectivity index is 2.02. The minimum atomic E-state index is -0.859. The number of carbonyl (C=O) groups is 1. The number of amides is 1. The molecule has 1 aromatic carbocycles. The van der Waals surface area contributed by atoms with Crippen molar-refractivity contribution in [2.45, 2.75) is 13.3 Å². The highest BCUT2D eigenvalue weighted by Gasteiger charge is 2.18. The summed E-state index contributed by atoms with van der Waals surface area (Å²) in [6.45, 7) is 1.75. The number of nitrogens with one attached hydrogen (secondary N) is 2. The summed E-state index contributed by atoms with van der Waals surface area (Å²) in [6.07, 6.45) is 3.66. The van der Waals surface area contributed by atoms with Gasteiger partial charge in [-0.05, 0) is 18.6 Å². The van der Waals surface area contributed by atoms with Crippen LogP contribution in [-0.2, 0) is 6.42 Å². The molecule has 0 radical (unpaired) electrons. The van der Waals surface area contributed by atoms with E-state index in [0.717, 1.165) is 11.8 Å². The van der Waals surface area contributed by atoms with E-state index in [1.807, 2.05) is 0 Å². The molecule has 100 valence electrons. The van der Waals surface area contributed by atoms with Crippen molar-refractivity contribution >= 4 is 5.91 Å². The summed E-state index contributed by atoms with van der Waals surface area (Å²) in [4.78, 5) is 18.5. The molecule has 0 saturated heterocycles. The summed E-state index contributed by atoms with van der Waals surface area (Å²) < 4.78 is 27.2. The van der Waals surface area contributed by atoms with Crippen molar-refractivity contribution in [3.05, 3.63) is 53.1 Å². The number of benzene rings is 1. The van der Waals surface area contributed by atoms with Crippen LogP contribution >= 0.6 is 0 Å². The molecular weight excluding hydrogens is 252 g/mol. The largest absolute Gasteiger partial charge is 0.351 e. The molecule has 0 aliphatic rings. The van der Waals surface area contributed by atoms with Gasteiger partial charge in [-0.2, -0.15) is 0 Å². The Morgan fingerprint density at radius 2 is 2.21 bits per heavy atom. The molecule has 4 nitrogen and oxygen atoms in total. The lowest BCUT2D eigenvalue weighted by atomic mass is 10.1. The summed E-state index contributed by atoms with van der Waals surface area (Å²) >= 11 is 0. The standard InChI is InChI=1S/C13H13F2N3O/c1-8-2-3-10(14)11(12(8)15)13(19)17-5-4-9-6-16-7-18-9/h2-3,6-7H,4-5H2,1H3,(H,16,18)(H,17,19). The Hall–Kier alpha value is -2.24. The smallest absolute Gasteiger partial charge is 0.257 e. The zero-order chi connectivity index (χ0) is 13.8. The van der Waals surface area contributed by atoms with E-state index in [2.05, 4.69) is 15.3 Å². The molecule has 0 fully saturated rings. The fourth-order valence-corrected chi connectivity index (χ4v) is 1.69. The molecule has 0 aliphatic heterocycles. The summed E-state index contributed by atoms with van der Waals surface area (Å²) in [5.41, 5.74) is 0.537. The maximum absolute atomic E-state index is 13.7. The second-order valence-corrected chi connectivity index (χ2v) is 4.14. The van der Waals surface area contributed by atoms with Gasteiger partial charge in [0.15, 0.2) is 0 Å². The van der Waals surface area contributed by atoms with Gasteiger partial charge in [0.2, 0.25) is 0 Å². The molecule has 0 atom stereocenters. The SMILES string of the molecule is Cc1ccc(F)c(C(=O)NCCc2cnc[nH]2)c1F.